The molecule has 0 N–H and O–H groups in total. The summed E-state index contributed by atoms with van der Waals surface area (Å²) in [6.07, 6.45) is 2.63. The highest BCUT2D eigenvalue weighted by molar-refractivity contribution is 6.00. The number of aryl methyl sites for hydroxylation is 1. The summed E-state index contributed by atoms with van der Waals surface area (Å²) in [6, 6.07) is 6.83. The molecule has 0 saturated heterocycles. The zero-order valence-corrected chi connectivity index (χ0v) is 11.6. The average molecular weight is 275 g/mol. The minimum absolute atomic E-state index is 0.231. The van der Waals surface area contributed by atoms with Gasteiger partial charge in [0.05, 0.1) is 5.41 Å². The molecule has 1 aromatic carbocycles. The van der Waals surface area contributed by atoms with E-state index in [4.69, 9.17) is 4.84 Å². The van der Waals surface area contributed by atoms with Crippen molar-refractivity contribution in [2.45, 2.75) is 33.1 Å². The lowest BCUT2D eigenvalue weighted by atomic mass is 9.71. The third kappa shape index (κ3) is 2.57. The molecule has 1 aliphatic carbocycles. The Morgan fingerprint density at radius 1 is 1.30 bits per heavy atom. The van der Waals surface area contributed by atoms with Gasteiger partial charge in [0.15, 0.2) is 0 Å². The molecule has 0 aliphatic heterocycles. The van der Waals surface area contributed by atoms with Crippen LogP contribution in [-0.2, 0) is 14.4 Å². The number of hydroxylamine groups is 2. The van der Waals surface area contributed by atoms with Crippen molar-refractivity contribution in [3.8, 4) is 0 Å². The molecule has 106 valence electrons. The molecule has 2 rings (SSSR count). The minimum atomic E-state index is -0.630. The van der Waals surface area contributed by atoms with E-state index in [0.29, 0.717) is 10.6 Å². The lowest BCUT2D eigenvalue weighted by Gasteiger charge is -2.35. The van der Waals surface area contributed by atoms with Crippen LogP contribution in [-0.4, -0.2) is 23.3 Å². The van der Waals surface area contributed by atoms with Gasteiger partial charge in [0.2, 0.25) is 0 Å². The van der Waals surface area contributed by atoms with Crippen LogP contribution in [0.15, 0.2) is 24.3 Å². The summed E-state index contributed by atoms with van der Waals surface area (Å²) in [4.78, 5) is 40.1. The molecule has 2 amide bonds. The molecular formula is C15H17NO4. The molecule has 1 fully saturated rings. The third-order valence-corrected chi connectivity index (χ3v) is 3.80. The van der Waals surface area contributed by atoms with Gasteiger partial charge in [-0.1, -0.05) is 24.6 Å². The van der Waals surface area contributed by atoms with E-state index in [1.807, 2.05) is 0 Å². The Bertz CT molecular complexity index is 549. The number of rotatable bonds is 3. The van der Waals surface area contributed by atoms with E-state index in [-0.39, 0.29) is 6.41 Å². The Labute approximate surface area is 117 Å². The lowest BCUT2D eigenvalue weighted by molar-refractivity contribution is -0.193. The fourth-order valence-electron chi connectivity index (χ4n) is 2.15. The molecule has 0 spiro atoms. The summed E-state index contributed by atoms with van der Waals surface area (Å²) in [5, 5.41) is 0.480. The molecule has 5 heteroatoms. The monoisotopic (exact) mass is 275 g/mol. The molecule has 5 nitrogen and oxygen atoms in total. The van der Waals surface area contributed by atoms with E-state index in [1.54, 1.807) is 38.1 Å². The zero-order valence-electron chi connectivity index (χ0n) is 11.6. The normalized spacial score (nSPS) is 15.9. The van der Waals surface area contributed by atoms with Gasteiger partial charge in [0.25, 0.3) is 12.3 Å². The number of hydrogen-bond donors (Lipinski definition) is 0. The van der Waals surface area contributed by atoms with Crippen molar-refractivity contribution in [1.82, 2.24) is 5.06 Å². The van der Waals surface area contributed by atoms with Crippen molar-refractivity contribution in [3.05, 3.63) is 35.4 Å². The van der Waals surface area contributed by atoms with Crippen LogP contribution in [0.25, 0.3) is 0 Å². The molecule has 0 heterocycles. The quantitative estimate of drug-likeness (QED) is 0.627. The first kappa shape index (κ1) is 14.2. The highest BCUT2D eigenvalue weighted by atomic mass is 16.7. The van der Waals surface area contributed by atoms with E-state index in [9.17, 15) is 14.4 Å². The minimum Gasteiger partial charge on any atom is -0.330 e. The number of amides is 2. The molecular weight excluding hydrogens is 258 g/mol. The molecule has 1 aliphatic rings. The summed E-state index contributed by atoms with van der Waals surface area (Å²) >= 11 is 0. The highest BCUT2D eigenvalue weighted by Gasteiger charge is 2.42. The Kier molecular flexibility index (Phi) is 3.88. The van der Waals surface area contributed by atoms with Crippen LogP contribution in [0, 0.1) is 12.3 Å². The van der Waals surface area contributed by atoms with Crippen LogP contribution in [0.1, 0.15) is 42.1 Å². The topological polar surface area (TPSA) is 63.7 Å². The molecule has 0 atom stereocenters. The largest absolute Gasteiger partial charge is 0.338 e. The fraction of sp³-hybridized carbons (Fsp3) is 0.400. The second-order valence-electron chi connectivity index (χ2n) is 5.34. The number of carbonyl (C=O) groups excluding carboxylic acids is 3. The van der Waals surface area contributed by atoms with Gasteiger partial charge in [-0.15, -0.1) is 5.06 Å². The van der Waals surface area contributed by atoms with Crippen LogP contribution in [0.2, 0.25) is 0 Å². The van der Waals surface area contributed by atoms with Gasteiger partial charge in [-0.3, -0.25) is 9.59 Å². The summed E-state index contributed by atoms with van der Waals surface area (Å²) in [5.74, 6) is -1.16. The van der Waals surface area contributed by atoms with E-state index < -0.39 is 17.3 Å². The van der Waals surface area contributed by atoms with Crippen molar-refractivity contribution in [1.29, 1.82) is 0 Å². The van der Waals surface area contributed by atoms with Gasteiger partial charge in [0.1, 0.15) is 0 Å². The van der Waals surface area contributed by atoms with Crippen molar-refractivity contribution in [3.63, 3.8) is 0 Å². The lowest BCUT2D eigenvalue weighted by Crippen LogP contribution is -2.42. The van der Waals surface area contributed by atoms with E-state index in [1.165, 1.54) is 0 Å². The van der Waals surface area contributed by atoms with Crippen molar-refractivity contribution in [2.75, 3.05) is 0 Å². The predicted molar refractivity (Wildman–Crippen MR) is 71.5 cm³/mol. The summed E-state index contributed by atoms with van der Waals surface area (Å²) < 4.78 is 0. The van der Waals surface area contributed by atoms with Crippen LogP contribution in [0.4, 0.5) is 0 Å². The van der Waals surface area contributed by atoms with Crippen molar-refractivity contribution < 1.29 is 19.2 Å². The highest BCUT2D eigenvalue weighted by Crippen LogP contribution is 2.41. The molecule has 1 saturated carbocycles. The Hall–Kier alpha value is -2.17. The summed E-state index contributed by atoms with van der Waals surface area (Å²) in [6.45, 7) is 3.53. The average Bonchev–Trinajstić information content (AvgIpc) is 2.41. The van der Waals surface area contributed by atoms with Crippen LogP contribution in [0.5, 0.6) is 0 Å². The van der Waals surface area contributed by atoms with Gasteiger partial charge in [0, 0.05) is 5.56 Å². The van der Waals surface area contributed by atoms with Gasteiger partial charge >= 0.3 is 5.97 Å². The number of imide groups is 1. The van der Waals surface area contributed by atoms with Gasteiger partial charge in [-0.05, 0) is 38.3 Å². The SMILES string of the molecule is Cc1ccccc1C(=O)N(C=O)OC(=O)C1(C)CCC1. The Morgan fingerprint density at radius 2 is 1.95 bits per heavy atom. The fourth-order valence-corrected chi connectivity index (χ4v) is 2.15. The van der Waals surface area contributed by atoms with Crippen molar-refractivity contribution in [2.24, 2.45) is 5.41 Å². The standard InChI is InChI=1S/C15H17NO4/c1-11-6-3-4-7-12(11)13(18)16(10-17)20-14(19)15(2)8-5-9-15/h3-4,6-7,10H,5,8-9H2,1-2H3. The zero-order chi connectivity index (χ0) is 14.8. The molecule has 1 aromatic rings. The predicted octanol–water partition coefficient (Wildman–Crippen LogP) is 2.24. The number of carbonyl (C=O) groups is 3. The smallest absolute Gasteiger partial charge is 0.330 e. The molecule has 0 radical (unpaired) electrons. The molecule has 0 unspecified atom stereocenters. The van der Waals surface area contributed by atoms with Crippen LogP contribution in [0.3, 0.4) is 0 Å². The van der Waals surface area contributed by atoms with Crippen LogP contribution < -0.4 is 0 Å². The van der Waals surface area contributed by atoms with Crippen LogP contribution >= 0.6 is 0 Å². The van der Waals surface area contributed by atoms with E-state index >= 15 is 0 Å². The van der Waals surface area contributed by atoms with Gasteiger partial charge in [-0.2, -0.15) is 0 Å². The Morgan fingerprint density at radius 3 is 2.45 bits per heavy atom. The third-order valence-electron chi connectivity index (χ3n) is 3.80. The first-order chi connectivity index (χ1) is 9.48. The van der Waals surface area contributed by atoms with Crippen molar-refractivity contribution >= 4 is 18.3 Å². The second-order valence-corrected chi connectivity index (χ2v) is 5.34. The maximum atomic E-state index is 12.2. The summed E-state index contributed by atoms with van der Waals surface area (Å²) in [7, 11) is 0. The second kappa shape index (κ2) is 5.45. The molecule has 0 bridgehead atoms. The van der Waals surface area contributed by atoms with E-state index in [2.05, 4.69) is 0 Å². The van der Waals surface area contributed by atoms with E-state index in [0.717, 1.165) is 24.8 Å². The number of benzene rings is 1. The summed E-state index contributed by atoms with van der Waals surface area (Å²) in [5.41, 5.74) is 0.481. The maximum absolute atomic E-state index is 12.2. The maximum Gasteiger partial charge on any atom is 0.338 e. The first-order valence-corrected chi connectivity index (χ1v) is 6.55. The first-order valence-electron chi connectivity index (χ1n) is 6.55. The Balaban J connectivity index is 2.12. The van der Waals surface area contributed by atoms with Gasteiger partial charge in [-0.25, -0.2) is 4.79 Å². The number of hydrogen-bond acceptors (Lipinski definition) is 4. The number of nitrogens with zero attached hydrogens (tertiary/aromatic N) is 1. The molecule has 0 aromatic heterocycles. The molecule has 20 heavy (non-hydrogen) atoms. The van der Waals surface area contributed by atoms with Gasteiger partial charge < -0.3 is 4.84 Å².